The highest BCUT2D eigenvalue weighted by Crippen LogP contribution is 2.44. The molecule has 2 N–H and O–H groups in total. The SMILES string of the molecule is c1ccc(C2=NC(c3ccccc3)NC(c3cccc4c3oc3cccc(-c5cccc6c5oc5ccc(-n7c8ccccc8c8ccccc87)cc56)c34)N2)cc1. The third-order valence-electron chi connectivity index (χ3n) is 11.5. The van der Waals surface area contributed by atoms with Gasteiger partial charge in [0.15, 0.2) is 0 Å². The summed E-state index contributed by atoms with van der Waals surface area (Å²) in [6, 6.07) is 63.7. The summed E-state index contributed by atoms with van der Waals surface area (Å²) in [7, 11) is 0. The molecule has 3 aromatic heterocycles. The molecule has 270 valence electrons. The molecule has 1 aliphatic rings. The lowest BCUT2D eigenvalue weighted by molar-refractivity contribution is 0.408. The third kappa shape index (κ3) is 4.98. The Bertz CT molecular complexity index is 3320. The van der Waals surface area contributed by atoms with Crippen LogP contribution in [0.15, 0.2) is 196 Å². The molecule has 57 heavy (non-hydrogen) atoms. The van der Waals surface area contributed by atoms with Crippen LogP contribution < -0.4 is 10.6 Å². The van der Waals surface area contributed by atoms with Crippen molar-refractivity contribution in [1.82, 2.24) is 15.2 Å². The molecule has 0 spiro atoms. The summed E-state index contributed by atoms with van der Waals surface area (Å²) in [5.74, 6) is 0.833. The average molecular weight is 735 g/mol. The van der Waals surface area contributed by atoms with Gasteiger partial charge in [-0.25, -0.2) is 4.99 Å². The van der Waals surface area contributed by atoms with Crippen LogP contribution >= 0.6 is 0 Å². The maximum Gasteiger partial charge on any atom is 0.143 e. The van der Waals surface area contributed by atoms with Crippen molar-refractivity contribution < 1.29 is 8.83 Å². The topological polar surface area (TPSA) is 67.6 Å². The standard InChI is InChI=1S/C51H34N4O2/c1-3-14-31(15-4-1)49-52-50(32-16-5-2-6-17-32)54-51(53-49)40-24-12-23-39-46-36(20-13-27-45(46)57-48(39)40)37-21-11-22-38-41-30-33(28-29-44(41)56-47(37)38)55-42-25-9-7-18-34(42)35-19-8-10-26-43(35)55/h1-30,49,51,53H,(H,52,54). The number of aromatic nitrogens is 1. The zero-order valence-electron chi connectivity index (χ0n) is 30.7. The fourth-order valence-corrected chi connectivity index (χ4v) is 8.93. The predicted octanol–water partition coefficient (Wildman–Crippen LogP) is 12.6. The van der Waals surface area contributed by atoms with Crippen molar-refractivity contribution in [3.63, 3.8) is 0 Å². The Hall–Kier alpha value is -7.41. The van der Waals surface area contributed by atoms with Crippen molar-refractivity contribution >= 4 is 71.5 Å². The van der Waals surface area contributed by atoms with Gasteiger partial charge in [-0.15, -0.1) is 0 Å². The lowest BCUT2D eigenvalue weighted by Gasteiger charge is -2.32. The van der Waals surface area contributed by atoms with Crippen LogP contribution in [0, 0.1) is 0 Å². The average Bonchev–Trinajstić information content (AvgIpc) is 3.96. The Kier molecular flexibility index (Phi) is 7.03. The highest BCUT2D eigenvalue weighted by molar-refractivity contribution is 6.18. The number of para-hydroxylation sites is 4. The second-order valence-electron chi connectivity index (χ2n) is 14.7. The Balaban J connectivity index is 0.998. The quantitative estimate of drug-likeness (QED) is 0.185. The molecule has 0 saturated heterocycles. The molecule has 0 radical (unpaired) electrons. The molecule has 0 bridgehead atoms. The van der Waals surface area contributed by atoms with Crippen molar-refractivity contribution in [3.05, 3.63) is 199 Å². The van der Waals surface area contributed by atoms with Crippen LogP contribution in [0.3, 0.4) is 0 Å². The number of nitrogens with one attached hydrogen (secondary N) is 2. The molecule has 0 amide bonds. The summed E-state index contributed by atoms with van der Waals surface area (Å²) in [4.78, 5) is 5.12. The van der Waals surface area contributed by atoms with Crippen LogP contribution in [0.25, 0.3) is 82.5 Å². The summed E-state index contributed by atoms with van der Waals surface area (Å²) in [5, 5.41) is 14.2. The normalized spacial score (nSPS) is 15.9. The van der Waals surface area contributed by atoms with Gasteiger partial charge in [-0.3, -0.25) is 5.32 Å². The van der Waals surface area contributed by atoms with Gasteiger partial charge in [0.05, 0.1) is 11.0 Å². The van der Waals surface area contributed by atoms with E-state index in [-0.39, 0.29) is 12.3 Å². The van der Waals surface area contributed by atoms with Crippen molar-refractivity contribution in [2.75, 3.05) is 0 Å². The molecular formula is C51H34N4O2. The summed E-state index contributed by atoms with van der Waals surface area (Å²) >= 11 is 0. The lowest BCUT2D eigenvalue weighted by Crippen LogP contribution is -2.45. The van der Waals surface area contributed by atoms with Gasteiger partial charge in [-0.2, -0.15) is 0 Å². The molecule has 2 atom stereocenters. The number of hydrogen-bond acceptors (Lipinski definition) is 5. The van der Waals surface area contributed by atoms with Gasteiger partial charge in [0.1, 0.15) is 40.5 Å². The Labute approximate surface area is 327 Å². The lowest BCUT2D eigenvalue weighted by atomic mass is 9.96. The number of fused-ring (bicyclic) bond motifs is 9. The minimum atomic E-state index is -0.266. The van der Waals surface area contributed by atoms with E-state index in [4.69, 9.17) is 13.8 Å². The van der Waals surface area contributed by atoms with Crippen LogP contribution in [0.1, 0.15) is 29.0 Å². The fourth-order valence-electron chi connectivity index (χ4n) is 8.93. The van der Waals surface area contributed by atoms with E-state index in [0.29, 0.717) is 0 Å². The zero-order chi connectivity index (χ0) is 37.5. The van der Waals surface area contributed by atoms with Gasteiger partial charge >= 0.3 is 0 Å². The van der Waals surface area contributed by atoms with Crippen molar-refractivity contribution in [2.24, 2.45) is 4.99 Å². The fraction of sp³-hybridized carbons (Fsp3) is 0.0392. The molecule has 11 aromatic rings. The van der Waals surface area contributed by atoms with E-state index in [0.717, 1.165) is 83.2 Å². The number of rotatable bonds is 5. The molecule has 6 heteroatoms. The first-order valence-corrected chi connectivity index (χ1v) is 19.4. The Morgan fingerprint density at radius 3 is 1.95 bits per heavy atom. The molecule has 4 heterocycles. The van der Waals surface area contributed by atoms with E-state index in [2.05, 4.69) is 173 Å². The van der Waals surface area contributed by atoms with Crippen molar-refractivity contribution in [3.8, 4) is 16.8 Å². The van der Waals surface area contributed by atoms with Gasteiger partial charge < -0.3 is 18.7 Å². The summed E-state index contributed by atoms with van der Waals surface area (Å²) in [6.07, 6.45) is -0.512. The van der Waals surface area contributed by atoms with Crippen LogP contribution in [-0.4, -0.2) is 10.4 Å². The minimum absolute atomic E-state index is 0.246. The molecule has 1 aliphatic heterocycles. The van der Waals surface area contributed by atoms with Gasteiger partial charge in [-0.05, 0) is 47.5 Å². The van der Waals surface area contributed by atoms with E-state index in [9.17, 15) is 0 Å². The molecule has 8 aromatic carbocycles. The monoisotopic (exact) mass is 734 g/mol. The summed E-state index contributed by atoms with van der Waals surface area (Å²) < 4.78 is 16.0. The second kappa shape index (κ2) is 12.6. The van der Waals surface area contributed by atoms with E-state index in [1.165, 1.54) is 21.8 Å². The molecule has 0 saturated carbocycles. The number of nitrogens with zero attached hydrogens (tertiary/aromatic N) is 2. The maximum atomic E-state index is 6.83. The Morgan fingerprint density at radius 1 is 0.491 bits per heavy atom. The van der Waals surface area contributed by atoms with E-state index in [1.807, 2.05) is 24.3 Å². The molecule has 0 aliphatic carbocycles. The summed E-state index contributed by atoms with van der Waals surface area (Å²) in [5.41, 5.74) is 12.1. The molecule has 2 unspecified atom stereocenters. The van der Waals surface area contributed by atoms with E-state index >= 15 is 0 Å². The molecular weight excluding hydrogens is 701 g/mol. The number of hydrogen-bond donors (Lipinski definition) is 2. The van der Waals surface area contributed by atoms with Crippen LogP contribution in [0.4, 0.5) is 0 Å². The largest absolute Gasteiger partial charge is 0.456 e. The van der Waals surface area contributed by atoms with Gasteiger partial charge in [0.25, 0.3) is 0 Å². The van der Waals surface area contributed by atoms with Crippen LogP contribution in [-0.2, 0) is 0 Å². The number of amidine groups is 1. The highest BCUT2D eigenvalue weighted by Gasteiger charge is 2.28. The van der Waals surface area contributed by atoms with Crippen LogP contribution in [0.5, 0.6) is 0 Å². The van der Waals surface area contributed by atoms with Crippen molar-refractivity contribution in [2.45, 2.75) is 12.3 Å². The second-order valence-corrected chi connectivity index (χ2v) is 14.7. The maximum absolute atomic E-state index is 6.83. The van der Waals surface area contributed by atoms with Crippen LogP contribution in [0.2, 0.25) is 0 Å². The van der Waals surface area contributed by atoms with Gasteiger partial charge in [0, 0.05) is 54.7 Å². The number of benzene rings is 8. The molecule has 12 rings (SSSR count). The minimum Gasteiger partial charge on any atom is -0.456 e. The first kappa shape index (κ1) is 31.9. The smallest absolute Gasteiger partial charge is 0.143 e. The first-order chi connectivity index (χ1) is 28.3. The number of aliphatic imine (C=N–C) groups is 1. The van der Waals surface area contributed by atoms with Crippen molar-refractivity contribution in [1.29, 1.82) is 0 Å². The molecule has 0 fully saturated rings. The van der Waals surface area contributed by atoms with E-state index in [1.54, 1.807) is 0 Å². The molecule has 6 nitrogen and oxygen atoms in total. The number of furan rings is 2. The van der Waals surface area contributed by atoms with E-state index < -0.39 is 0 Å². The van der Waals surface area contributed by atoms with Gasteiger partial charge in [0.2, 0.25) is 0 Å². The zero-order valence-corrected chi connectivity index (χ0v) is 30.7. The highest BCUT2D eigenvalue weighted by atomic mass is 16.3. The third-order valence-corrected chi connectivity index (χ3v) is 11.5. The predicted molar refractivity (Wildman–Crippen MR) is 232 cm³/mol. The summed E-state index contributed by atoms with van der Waals surface area (Å²) in [6.45, 7) is 0. The Morgan fingerprint density at radius 2 is 1.14 bits per heavy atom. The van der Waals surface area contributed by atoms with Gasteiger partial charge in [-0.1, -0.05) is 146 Å². The first-order valence-electron chi connectivity index (χ1n) is 19.4.